The number of carbonyl (C=O) groups excluding carboxylic acids is 1. The van der Waals surface area contributed by atoms with Gasteiger partial charge in [-0.15, -0.1) is 0 Å². The van der Waals surface area contributed by atoms with Gasteiger partial charge in [-0.2, -0.15) is 5.10 Å². The fourth-order valence-electron chi connectivity index (χ4n) is 3.93. The molecule has 4 rings (SSSR count). The summed E-state index contributed by atoms with van der Waals surface area (Å²) in [4.78, 5) is 29.3. The molecule has 0 atom stereocenters. The lowest BCUT2D eigenvalue weighted by atomic mass is 9.94. The molecule has 1 saturated heterocycles. The van der Waals surface area contributed by atoms with Crippen LogP contribution in [-0.2, 0) is 16.8 Å². The molecule has 2 fully saturated rings. The summed E-state index contributed by atoms with van der Waals surface area (Å²) in [5.74, 6) is 0.282. The zero-order valence-corrected chi connectivity index (χ0v) is 15.8. The maximum atomic E-state index is 13.1. The van der Waals surface area contributed by atoms with Crippen LogP contribution in [-0.4, -0.2) is 58.2 Å². The fraction of sp³-hybridized carbons (Fsp3) is 0.476. The number of hydrogen-bond donors (Lipinski definition) is 0. The molecule has 0 unspecified atom stereocenters. The van der Waals surface area contributed by atoms with Gasteiger partial charge in [-0.3, -0.25) is 14.5 Å². The summed E-state index contributed by atoms with van der Waals surface area (Å²) in [5, 5.41) is 4.29. The molecule has 1 aromatic heterocycles. The van der Waals surface area contributed by atoms with E-state index >= 15 is 0 Å². The van der Waals surface area contributed by atoms with E-state index in [9.17, 15) is 9.59 Å². The first-order valence-corrected chi connectivity index (χ1v) is 9.70. The van der Waals surface area contributed by atoms with Crippen LogP contribution in [0.3, 0.4) is 0 Å². The van der Waals surface area contributed by atoms with Gasteiger partial charge in [0.2, 0.25) is 5.91 Å². The van der Waals surface area contributed by atoms with Gasteiger partial charge in [0.25, 0.3) is 5.56 Å². The molecular formula is C21H26N4O2. The first-order valence-electron chi connectivity index (χ1n) is 9.70. The van der Waals surface area contributed by atoms with Crippen molar-refractivity contribution in [2.45, 2.75) is 31.7 Å². The number of piperazine rings is 1. The molecule has 1 amide bonds. The summed E-state index contributed by atoms with van der Waals surface area (Å²) in [7, 11) is 0. The second-order valence-corrected chi connectivity index (χ2v) is 7.62. The van der Waals surface area contributed by atoms with Crippen LogP contribution in [0.15, 0.2) is 47.3 Å². The van der Waals surface area contributed by atoms with Gasteiger partial charge in [0.05, 0.1) is 17.7 Å². The van der Waals surface area contributed by atoms with Crippen molar-refractivity contribution < 1.29 is 4.79 Å². The molecule has 142 valence electrons. The molecule has 2 aliphatic rings. The number of aromatic nitrogens is 2. The molecule has 0 radical (unpaired) electrons. The zero-order chi connectivity index (χ0) is 18.9. The van der Waals surface area contributed by atoms with Crippen molar-refractivity contribution in [2.24, 2.45) is 0 Å². The average Bonchev–Trinajstić information content (AvgIpc) is 3.51. The van der Waals surface area contributed by atoms with Gasteiger partial charge in [0, 0.05) is 38.8 Å². The van der Waals surface area contributed by atoms with E-state index in [4.69, 9.17) is 0 Å². The highest BCUT2D eigenvalue weighted by Crippen LogP contribution is 2.49. The predicted octanol–water partition coefficient (Wildman–Crippen LogP) is 1.43. The molecule has 1 aliphatic carbocycles. The molecule has 27 heavy (non-hydrogen) atoms. The largest absolute Gasteiger partial charge is 0.339 e. The molecule has 2 aromatic rings. The molecule has 0 bridgehead atoms. The van der Waals surface area contributed by atoms with Gasteiger partial charge in [0.15, 0.2) is 0 Å². The van der Waals surface area contributed by atoms with Crippen LogP contribution in [0, 0.1) is 6.92 Å². The van der Waals surface area contributed by atoms with Crippen LogP contribution in [0.1, 0.15) is 24.1 Å². The minimum Gasteiger partial charge on any atom is -0.339 e. The number of hydrogen-bond acceptors (Lipinski definition) is 4. The Morgan fingerprint density at radius 2 is 1.70 bits per heavy atom. The third-order valence-corrected chi connectivity index (χ3v) is 5.77. The van der Waals surface area contributed by atoms with E-state index in [0.717, 1.165) is 56.8 Å². The summed E-state index contributed by atoms with van der Waals surface area (Å²) in [6.07, 6.45) is 1.91. The quantitative estimate of drug-likeness (QED) is 0.803. The molecule has 0 N–H and O–H groups in total. The summed E-state index contributed by atoms with van der Waals surface area (Å²) >= 11 is 0. The van der Waals surface area contributed by atoms with Crippen molar-refractivity contribution in [1.29, 1.82) is 0 Å². The summed E-state index contributed by atoms with van der Waals surface area (Å²) in [5.41, 5.74) is 1.67. The Labute approximate surface area is 159 Å². The SMILES string of the molecule is Cc1ccc(=O)n(CCN2CCN(C(=O)C3(c4ccccc4)CC3)CC2)n1. The number of nitrogens with zero attached hydrogens (tertiary/aromatic N) is 4. The van der Waals surface area contributed by atoms with Crippen LogP contribution in [0.4, 0.5) is 0 Å². The molecule has 1 aliphatic heterocycles. The van der Waals surface area contributed by atoms with Crippen LogP contribution < -0.4 is 5.56 Å². The number of carbonyl (C=O) groups is 1. The minimum absolute atomic E-state index is 0.0621. The topological polar surface area (TPSA) is 58.4 Å². The number of aryl methyl sites for hydroxylation is 1. The standard InChI is InChI=1S/C21H26N4O2/c1-17-7-8-19(26)25(22-17)16-13-23-11-14-24(15-12-23)20(27)21(9-10-21)18-5-3-2-4-6-18/h2-8H,9-16H2,1H3. The highest BCUT2D eigenvalue weighted by Gasteiger charge is 2.53. The van der Waals surface area contributed by atoms with Crippen molar-refractivity contribution in [3.63, 3.8) is 0 Å². The summed E-state index contributed by atoms with van der Waals surface area (Å²) in [6.45, 7) is 6.45. The Hall–Kier alpha value is -2.47. The van der Waals surface area contributed by atoms with Crippen molar-refractivity contribution in [2.75, 3.05) is 32.7 Å². The average molecular weight is 366 g/mol. The number of benzene rings is 1. The normalized spacial score (nSPS) is 19.1. The van der Waals surface area contributed by atoms with E-state index in [1.807, 2.05) is 30.0 Å². The van der Waals surface area contributed by atoms with Crippen molar-refractivity contribution in [1.82, 2.24) is 19.6 Å². The monoisotopic (exact) mass is 366 g/mol. The highest BCUT2D eigenvalue weighted by molar-refractivity contribution is 5.91. The van der Waals surface area contributed by atoms with Gasteiger partial charge < -0.3 is 4.90 Å². The van der Waals surface area contributed by atoms with E-state index in [-0.39, 0.29) is 16.9 Å². The summed E-state index contributed by atoms with van der Waals surface area (Å²) < 4.78 is 1.53. The predicted molar refractivity (Wildman–Crippen MR) is 104 cm³/mol. The van der Waals surface area contributed by atoms with Gasteiger partial charge >= 0.3 is 0 Å². The van der Waals surface area contributed by atoms with E-state index in [0.29, 0.717) is 6.54 Å². The van der Waals surface area contributed by atoms with Crippen molar-refractivity contribution in [3.8, 4) is 0 Å². The molecular weight excluding hydrogens is 340 g/mol. The molecule has 2 heterocycles. The van der Waals surface area contributed by atoms with E-state index < -0.39 is 0 Å². The lowest BCUT2D eigenvalue weighted by Gasteiger charge is -2.36. The maximum absolute atomic E-state index is 13.1. The lowest BCUT2D eigenvalue weighted by Crippen LogP contribution is -2.52. The van der Waals surface area contributed by atoms with Crippen LogP contribution in [0.2, 0.25) is 0 Å². The van der Waals surface area contributed by atoms with E-state index in [1.54, 1.807) is 12.1 Å². The number of rotatable bonds is 5. The molecule has 6 heteroatoms. The Morgan fingerprint density at radius 3 is 2.37 bits per heavy atom. The van der Waals surface area contributed by atoms with E-state index in [1.165, 1.54) is 4.68 Å². The fourth-order valence-corrected chi connectivity index (χ4v) is 3.93. The molecule has 6 nitrogen and oxygen atoms in total. The minimum atomic E-state index is -0.276. The molecule has 1 saturated carbocycles. The van der Waals surface area contributed by atoms with Gasteiger partial charge in [-0.1, -0.05) is 30.3 Å². The Bertz CT molecular complexity index is 865. The van der Waals surface area contributed by atoms with Gasteiger partial charge in [-0.25, -0.2) is 4.68 Å². The van der Waals surface area contributed by atoms with Crippen LogP contribution in [0.5, 0.6) is 0 Å². The smallest absolute Gasteiger partial charge is 0.266 e. The number of amides is 1. The Balaban J connectivity index is 1.32. The lowest BCUT2D eigenvalue weighted by molar-refractivity contribution is -0.135. The Kier molecular flexibility index (Phi) is 4.83. The molecule has 0 spiro atoms. The molecule has 1 aromatic carbocycles. The van der Waals surface area contributed by atoms with Crippen LogP contribution >= 0.6 is 0 Å². The summed E-state index contributed by atoms with van der Waals surface area (Å²) in [6, 6.07) is 13.5. The Morgan fingerprint density at radius 1 is 1.00 bits per heavy atom. The van der Waals surface area contributed by atoms with Gasteiger partial charge in [0.1, 0.15) is 0 Å². The van der Waals surface area contributed by atoms with Crippen LogP contribution in [0.25, 0.3) is 0 Å². The maximum Gasteiger partial charge on any atom is 0.266 e. The zero-order valence-electron chi connectivity index (χ0n) is 15.8. The van der Waals surface area contributed by atoms with Crippen molar-refractivity contribution in [3.05, 3.63) is 64.1 Å². The second kappa shape index (κ2) is 7.27. The van der Waals surface area contributed by atoms with E-state index in [2.05, 4.69) is 22.1 Å². The third-order valence-electron chi connectivity index (χ3n) is 5.77. The first-order chi connectivity index (χ1) is 13.1. The second-order valence-electron chi connectivity index (χ2n) is 7.62. The third kappa shape index (κ3) is 3.67. The van der Waals surface area contributed by atoms with Gasteiger partial charge in [-0.05, 0) is 31.4 Å². The highest BCUT2D eigenvalue weighted by atomic mass is 16.2. The van der Waals surface area contributed by atoms with Crippen molar-refractivity contribution >= 4 is 5.91 Å². The first kappa shape index (κ1) is 17.9.